The number of hydrogen-bond acceptors (Lipinski definition) is 8. The second-order valence-corrected chi connectivity index (χ2v) is 13.6. The van der Waals surface area contributed by atoms with Crippen LogP contribution in [-0.2, 0) is 24.5 Å². The lowest BCUT2D eigenvalue weighted by atomic mass is 9.68. The molecule has 3 aromatic carbocycles. The molecule has 1 atom stereocenters. The largest absolute Gasteiger partial charge is 0.456 e. The Kier molecular flexibility index (Phi) is 10.3. The molecule has 252 valence electrons. The molecular weight excluding hydrogens is 606 g/mol. The highest BCUT2D eigenvalue weighted by molar-refractivity contribution is 6.15. The van der Waals surface area contributed by atoms with E-state index in [1.54, 1.807) is 51.8 Å². The van der Waals surface area contributed by atoms with Crippen molar-refractivity contribution >= 4 is 23.0 Å². The van der Waals surface area contributed by atoms with E-state index in [0.717, 1.165) is 25.9 Å². The maximum atomic E-state index is 13.7. The van der Waals surface area contributed by atoms with E-state index in [9.17, 15) is 19.7 Å². The first-order valence-corrected chi connectivity index (χ1v) is 16.4. The van der Waals surface area contributed by atoms with Crippen LogP contribution in [0, 0.1) is 10.1 Å². The molecule has 1 unspecified atom stereocenters. The van der Waals surface area contributed by atoms with Gasteiger partial charge in [0.15, 0.2) is 12.0 Å². The van der Waals surface area contributed by atoms with Crippen LogP contribution in [0.25, 0.3) is 5.57 Å². The highest BCUT2D eigenvalue weighted by atomic mass is 16.6. The summed E-state index contributed by atoms with van der Waals surface area (Å²) < 4.78 is 12.3. The molecule has 0 bridgehead atoms. The van der Waals surface area contributed by atoms with Gasteiger partial charge >= 0.3 is 5.97 Å². The minimum Gasteiger partial charge on any atom is -0.456 e. The van der Waals surface area contributed by atoms with Crippen molar-refractivity contribution in [3.05, 3.63) is 129 Å². The van der Waals surface area contributed by atoms with Gasteiger partial charge in [-0.2, -0.15) is 0 Å². The zero-order valence-corrected chi connectivity index (χ0v) is 28.7. The summed E-state index contributed by atoms with van der Waals surface area (Å²) in [6.45, 7) is 11.3. The Morgan fingerprint density at radius 3 is 2.04 bits per heavy atom. The number of ketones is 1. The average molecular weight is 652 g/mol. The molecular formula is C39H45N3O6. The Hall–Kier alpha value is -4.60. The van der Waals surface area contributed by atoms with Gasteiger partial charge in [0.25, 0.3) is 5.69 Å². The second-order valence-electron chi connectivity index (χ2n) is 13.6. The van der Waals surface area contributed by atoms with Crippen molar-refractivity contribution in [2.75, 3.05) is 33.3 Å². The maximum Gasteiger partial charge on any atom is 0.341 e. The smallest absolute Gasteiger partial charge is 0.341 e. The number of nitro groups is 1. The van der Waals surface area contributed by atoms with Crippen molar-refractivity contribution < 1.29 is 24.0 Å². The van der Waals surface area contributed by atoms with Gasteiger partial charge in [-0.25, -0.2) is 4.79 Å². The zero-order valence-electron chi connectivity index (χ0n) is 28.7. The van der Waals surface area contributed by atoms with Crippen molar-refractivity contribution in [1.82, 2.24) is 9.80 Å². The van der Waals surface area contributed by atoms with E-state index in [1.807, 2.05) is 0 Å². The molecule has 0 spiro atoms. The van der Waals surface area contributed by atoms with Crippen molar-refractivity contribution in [1.29, 1.82) is 0 Å². The molecule has 0 aromatic heterocycles. The molecule has 9 heteroatoms. The number of carbonyl (C=O) groups excluding carboxylic acids is 2. The second kappa shape index (κ2) is 14.3. The molecule has 48 heavy (non-hydrogen) atoms. The van der Waals surface area contributed by atoms with Crippen LogP contribution in [0.2, 0.25) is 0 Å². The minimum absolute atomic E-state index is 0.0683. The molecule has 2 heterocycles. The molecule has 0 radical (unpaired) electrons. The topological polar surface area (TPSA) is 102 Å². The number of carbonyl (C=O) groups is 2. The van der Waals surface area contributed by atoms with E-state index in [2.05, 4.69) is 65.6 Å². The molecule has 0 saturated carbocycles. The van der Waals surface area contributed by atoms with Crippen LogP contribution < -0.4 is 0 Å². The fourth-order valence-corrected chi connectivity index (χ4v) is 6.89. The Morgan fingerprint density at radius 2 is 1.52 bits per heavy atom. The first kappa shape index (κ1) is 34.7. The molecule has 3 aromatic rings. The molecule has 0 aliphatic carbocycles. The first-order chi connectivity index (χ1) is 22.8. The maximum absolute atomic E-state index is 13.7. The number of likely N-dealkylation sites (N-methyl/N-ethyl adjacent to an activating group) is 1. The van der Waals surface area contributed by atoms with Gasteiger partial charge in [0.2, 0.25) is 0 Å². The Balaban J connectivity index is 1.41. The van der Waals surface area contributed by atoms with Gasteiger partial charge in [0, 0.05) is 42.4 Å². The Labute approximate surface area is 283 Å². The summed E-state index contributed by atoms with van der Waals surface area (Å²) in [7, 11) is 1.78. The Morgan fingerprint density at radius 1 is 0.938 bits per heavy atom. The van der Waals surface area contributed by atoms with Crippen LogP contribution in [0.5, 0.6) is 0 Å². The molecule has 2 aliphatic rings. The molecule has 2 aliphatic heterocycles. The van der Waals surface area contributed by atoms with Gasteiger partial charge in [0.1, 0.15) is 5.60 Å². The summed E-state index contributed by atoms with van der Waals surface area (Å²) in [5.41, 5.74) is 3.31. The molecule has 0 amide bonds. The number of esters is 1. The zero-order chi connectivity index (χ0) is 34.6. The summed E-state index contributed by atoms with van der Waals surface area (Å²) >= 11 is 0. The molecule has 1 saturated heterocycles. The van der Waals surface area contributed by atoms with Crippen molar-refractivity contribution in [2.24, 2.45) is 0 Å². The number of non-ortho nitro benzene ring substituents is 1. The van der Waals surface area contributed by atoms with E-state index < -0.39 is 22.7 Å². The van der Waals surface area contributed by atoms with Crippen molar-refractivity contribution in [3.8, 4) is 0 Å². The van der Waals surface area contributed by atoms with E-state index in [4.69, 9.17) is 9.47 Å². The van der Waals surface area contributed by atoms with Gasteiger partial charge in [-0.3, -0.25) is 14.9 Å². The standard InChI is InChI=1S/C39H45N3O6/c1-27-33(37(44)48-38(3,4)5)35(29-14-13-19-32(26-29)42(45)46)34(28(2)43)36(40(27)6)47-25-24-41-22-20-39(21-23-41,30-15-9-7-10-16-30)31-17-11-8-12-18-31/h7-19,26,36H,20-25H2,1-6H3. The summed E-state index contributed by atoms with van der Waals surface area (Å²) in [6, 6.07) is 27.4. The number of rotatable bonds is 10. The van der Waals surface area contributed by atoms with E-state index in [0.29, 0.717) is 30.0 Å². The van der Waals surface area contributed by atoms with Crippen LogP contribution >= 0.6 is 0 Å². The van der Waals surface area contributed by atoms with Crippen LogP contribution in [-0.4, -0.2) is 71.6 Å². The van der Waals surface area contributed by atoms with Crippen LogP contribution in [0.15, 0.2) is 102 Å². The van der Waals surface area contributed by atoms with Crippen molar-refractivity contribution in [3.63, 3.8) is 0 Å². The highest BCUT2D eigenvalue weighted by Crippen LogP contribution is 2.43. The minimum atomic E-state index is -0.805. The molecule has 9 nitrogen and oxygen atoms in total. The lowest BCUT2D eigenvalue weighted by Gasteiger charge is -2.43. The van der Waals surface area contributed by atoms with Crippen LogP contribution in [0.3, 0.4) is 0 Å². The SMILES string of the molecule is CC(=O)C1=C(c2cccc([N+](=O)[O-])c2)C(C(=O)OC(C)(C)C)=C(C)N(C)C1OCCN1CCC(c2ccccc2)(c2ccccc2)CC1. The predicted octanol–water partition coefficient (Wildman–Crippen LogP) is 6.92. The molecule has 5 rings (SSSR count). The number of nitro benzene ring substituents is 1. The third kappa shape index (κ3) is 7.27. The predicted molar refractivity (Wildman–Crippen MR) is 186 cm³/mol. The fourth-order valence-electron chi connectivity index (χ4n) is 6.89. The summed E-state index contributed by atoms with van der Waals surface area (Å²) in [4.78, 5) is 42.5. The van der Waals surface area contributed by atoms with Gasteiger partial charge in [0.05, 0.1) is 22.7 Å². The third-order valence-electron chi connectivity index (χ3n) is 9.38. The lowest BCUT2D eigenvalue weighted by molar-refractivity contribution is -0.384. The number of likely N-dealkylation sites (tertiary alicyclic amines) is 1. The number of hydrogen-bond donors (Lipinski definition) is 0. The van der Waals surface area contributed by atoms with Crippen LogP contribution in [0.1, 0.15) is 64.2 Å². The summed E-state index contributed by atoms with van der Waals surface area (Å²) in [5, 5.41) is 11.7. The molecule has 0 N–H and O–H groups in total. The van der Waals surface area contributed by atoms with Crippen LogP contribution in [0.4, 0.5) is 5.69 Å². The summed E-state index contributed by atoms with van der Waals surface area (Å²) in [5.74, 6) is -0.908. The monoisotopic (exact) mass is 651 g/mol. The van der Waals surface area contributed by atoms with Gasteiger partial charge in [-0.05, 0) is 77.2 Å². The van der Waals surface area contributed by atoms with Gasteiger partial charge in [-0.15, -0.1) is 0 Å². The van der Waals surface area contributed by atoms with E-state index >= 15 is 0 Å². The quantitative estimate of drug-likeness (QED) is 0.132. The number of Topliss-reactive ketones (excluding diaryl/α,β-unsaturated/α-hetero) is 1. The number of benzene rings is 3. The van der Waals surface area contributed by atoms with Crippen molar-refractivity contribution in [2.45, 2.75) is 64.7 Å². The lowest BCUT2D eigenvalue weighted by Crippen LogP contribution is -2.46. The highest BCUT2D eigenvalue weighted by Gasteiger charge is 2.40. The first-order valence-electron chi connectivity index (χ1n) is 16.4. The molecule has 1 fully saturated rings. The average Bonchev–Trinajstić information content (AvgIpc) is 3.06. The third-order valence-corrected chi connectivity index (χ3v) is 9.38. The fraction of sp³-hybridized carbons (Fsp3) is 0.385. The van der Waals surface area contributed by atoms with E-state index in [1.165, 1.54) is 30.2 Å². The van der Waals surface area contributed by atoms with Gasteiger partial charge in [-0.1, -0.05) is 72.8 Å². The number of nitrogens with zero attached hydrogens (tertiary/aromatic N) is 3. The number of ether oxygens (including phenoxy) is 2. The van der Waals surface area contributed by atoms with Gasteiger partial charge < -0.3 is 19.3 Å². The Bertz CT molecular complexity index is 1680. The summed E-state index contributed by atoms with van der Waals surface area (Å²) in [6.07, 6.45) is 1.11. The number of piperidine rings is 1. The normalized spacial score (nSPS) is 18.5. The van der Waals surface area contributed by atoms with E-state index in [-0.39, 0.29) is 28.0 Å². The number of allylic oxidation sites excluding steroid dienone is 1.